The first-order valence-corrected chi connectivity index (χ1v) is 5.15. The molecule has 0 saturated carbocycles. The van der Waals surface area contributed by atoms with E-state index in [1.807, 2.05) is 0 Å². The number of nitro groups is 1. The third-order valence-electron chi connectivity index (χ3n) is 2.55. The Morgan fingerprint density at radius 3 is 2.79 bits per heavy atom. The molecule has 3 heterocycles. The molecule has 3 aromatic heterocycles. The minimum absolute atomic E-state index is 0.00778. The molecule has 0 spiro atoms. The van der Waals surface area contributed by atoms with Gasteiger partial charge in [0.2, 0.25) is 5.95 Å². The molecule has 0 aliphatic rings. The molecule has 0 radical (unpaired) electrons. The summed E-state index contributed by atoms with van der Waals surface area (Å²) in [6.45, 7) is 0. The van der Waals surface area contributed by atoms with Crippen molar-refractivity contribution in [3.63, 3.8) is 0 Å². The molecule has 10 heteroatoms. The first-order valence-electron chi connectivity index (χ1n) is 5.15. The quantitative estimate of drug-likeness (QED) is 0.487. The number of aromatic nitrogens is 5. The van der Waals surface area contributed by atoms with Crippen molar-refractivity contribution in [1.82, 2.24) is 24.3 Å². The summed E-state index contributed by atoms with van der Waals surface area (Å²) in [6, 6.07) is 1.36. The molecule has 0 unspecified atom stereocenters. The van der Waals surface area contributed by atoms with Crippen LogP contribution in [0.5, 0.6) is 0 Å². The number of fused-ring (bicyclic) bond motifs is 1. The van der Waals surface area contributed by atoms with Gasteiger partial charge in [-0.2, -0.15) is 9.97 Å². The number of nitrogens with two attached hydrogens (primary N) is 2. The van der Waals surface area contributed by atoms with Crippen LogP contribution in [0.2, 0.25) is 0 Å². The van der Waals surface area contributed by atoms with E-state index >= 15 is 0 Å². The van der Waals surface area contributed by atoms with Crippen LogP contribution in [0.3, 0.4) is 0 Å². The number of nitrogen functional groups attached to an aromatic ring is 2. The topological polar surface area (TPSA) is 144 Å². The molecule has 0 fully saturated rings. The summed E-state index contributed by atoms with van der Waals surface area (Å²) in [7, 11) is 0. The van der Waals surface area contributed by atoms with Gasteiger partial charge < -0.3 is 11.5 Å². The fraction of sp³-hybridized carbons (Fsp3) is 0. The number of anilines is 2. The molecular weight excluding hydrogens is 252 g/mol. The Labute approximate surface area is 105 Å². The van der Waals surface area contributed by atoms with Gasteiger partial charge in [-0.25, -0.2) is 9.66 Å². The Kier molecular flexibility index (Phi) is 2.11. The number of hydrogen-bond acceptors (Lipinski definition) is 7. The van der Waals surface area contributed by atoms with Crippen molar-refractivity contribution in [2.24, 2.45) is 0 Å². The monoisotopic (exact) mass is 260 g/mol. The zero-order chi connectivity index (χ0) is 13.6. The van der Waals surface area contributed by atoms with Crippen LogP contribution < -0.4 is 11.5 Å². The van der Waals surface area contributed by atoms with Crippen LogP contribution >= 0.6 is 0 Å². The van der Waals surface area contributed by atoms with Crippen molar-refractivity contribution < 1.29 is 4.92 Å². The SMILES string of the molecule is Nc1nc(N)c2ncn(-n3ccc([N+](=O)[O-])c3)c2n1. The number of hydrogen-bond donors (Lipinski definition) is 2. The Morgan fingerprint density at radius 2 is 2.11 bits per heavy atom. The van der Waals surface area contributed by atoms with Gasteiger partial charge >= 0.3 is 0 Å². The van der Waals surface area contributed by atoms with E-state index in [0.717, 1.165) is 0 Å². The maximum atomic E-state index is 10.7. The molecule has 3 rings (SSSR count). The molecule has 4 N–H and O–H groups in total. The molecule has 0 saturated heterocycles. The van der Waals surface area contributed by atoms with Gasteiger partial charge in [0.05, 0.1) is 4.92 Å². The van der Waals surface area contributed by atoms with E-state index in [1.165, 1.54) is 34.1 Å². The summed E-state index contributed by atoms with van der Waals surface area (Å²) in [5.41, 5.74) is 11.9. The first-order chi connectivity index (χ1) is 9.06. The van der Waals surface area contributed by atoms with Crippen LogP contribution in [-0.4, -0.2) is 29.2 Å². The lowest BCUT2D eigenvalue weighted by atomic mass is 10.5. The van der Waals surface area contributed by atoms with Crippen LogP contribution in [0.25, 0.3) is 11.2 Å². The molecule has 0 atom stereocenters. The van der Waals surface area contributed by atoms with Gasteiger partial charge in [0.1, 0.15) is 12.5 Å². The summed E-state index contributed by atoms with van der Waals surface area (Å²) in [5, 5.41) is 10.7. The fourth-order valence-electron chi connectivity index (χ4n) is 1.71. The second-order valence-corrected chi connectivity index (χ2v) is 3.74. The standard InChI is InChI=1S/C9H8N8O2/c10-7-6-8(14-9(11)13-7)16(4-12-6)15-2-1-5(3-15)17(18)19/h1-4H,(H4,10,11,13,14). The summed E-state index contributed by atoms with van der Waals surface area (Å²) in [6.07, 6.45) is 4.27. The van der Waals surface area contributed by atoms with Crippen molar-refractivity contribution in [3.05, 3.63) is 34.9 Å². The zero-order valence-electron chi connectivity index (χ0n) is 9.46. The van der Waals surface area contributed by atoms with E-state index in [-0.39, 0.29) is 17.5 Å². The average Bonchev–Trinajstić information content (AvgIpc) is 2.93. The van der Waals surface area contributed by atoms with E-state index in [2.05, 4.69) is 15.0 Å². The number of imidazole rings is 1. The van der Waals surface area contributed by atoms with Gasteiger partial charge in [0.25, 0.3) is 5.69 Å². The highest BCUT2D eigenvalue weighted by Crippen LogP contribution is 2.18. The smallest absolute Gasteiger partial charge is 0.289 e. The predicted octanol–water partition coefficient (Wildman–Crippen LogP) is 0.0118. The van der Waals surface area contributed by atoms with Crippen LogP contribution in [-0.2, 0) is 0 Å². The lowest BCUT2D eigenvalue weighted by Gasteiger charge is -2.04. The van der Waals surface area contributed by atoms with E-state index in [4.69, 9.17) is 11.5 Å². The lowest BCUT2D eigenvalue weighted by Crippen LogP contribution is -2.08. The van der Waals surface area contributed by atoms with Crippen LogP contribution in [0.15, 0.2) is 24.8 Å². The van der Waals surface area contributed by atoms with Gasteiger partial charge in [-0.1, -0.05) is 0 Å². The highest BCUT2D eigenvalue weighted by molar-refractivity contribution is 5.82. The summed E-state index contributed by atoms with van der Waals surface area (Å²) in [4.78, 5) is 22.0. The van der Waals surface area contributed by atoms with Gasteiger partial charge in [0, 0.05) is 12.3 Å². The Morgan fingerprint density at radius 1 is 1.32 bits per heavy atom. The molecular formula is C9H8N8O2. The van der Waals surface area contributed by atoms with Gasteiger partial charge in [-0.3, -0.25) is 14.8 Å². The Bertz CT molecular complexity index is 789. The molecule has 0 aliphatic carbocycles. The molecule has 0 bridgehead atoms. The van der Waals surface area contributed by atoms with E-state index < -0.39 is 4.92 Å². The van der Waals surface area contributed by atoms with Gasteiger partial charge in [-0.15, -0.1) is 0 Å². The van der Waals surface area contributed by atoms with Crippen LogP contribution in [0, 0.1) is 10.1 Å². The largest absolute Gasteiger partial charge is 0.382 e. The Hall–Kier alpha value is -3.17. The van der Waals surface area contributed by atoms with E-state index in [1.54, 1.807) is 0 Å². The minimum atomic E-state index is -0.493. The van der Waals surface area contributed by atoms with E-state index in [0.29, 0.717) is 11.2 Å². The summed E-state index contributed by atoms with van der Waals surface area (Å²) >= 11 is 0. The van der Waals surface area contributed by atoms with Crippen molar-refractivity contribution >= 4 is 28.6 Å². The molecule has 0 aliphatic heterocycles. The highest BCUT2D eigenvalue weighted by Gasteiger charge is 2.13. The minimum Gasteiger partial charge on any atom is -0.382 e. The Balaban J connectivity index is 2.22. The molecule has 3 aromatic rings. The summed E-state index contributed by atoms with van der Waals surface area (Å²) in [5.74, 6) is 0.163. The fourth-order valence-corrected chi connectivity index (χ4v) is 1.71. The third-order valence-corrected chi connectivity index (χ3v) is 2.55. The van der Waals surface area contributed by atoms with E-state index in [9.17, 15) is 10.1 Å². The molecule has 0 aromatic carbocycles. The molecule has 10 nitrogen and oxygen atoms in total. The lowest BCUT2D eigenvalue weighted by molar-refractivity contribution is -0.384. The van der Waals surface area contributed by atoms with Crippen molar-refractivity contribution in [3.8, 4) is 0 Å². The predicted molar refractivity (Wildman–Crippen MR) is 66.0 cm³/mol. The second-order valence-electron chi connectivity index (χ2n) is 3.74. The van der Waals surface area contributed by atoms with Crippen molar-refractivity contribution in [2.75, 3.05) is 11.5 Å². The summed E-state index contributed by atoms with van der Waals surface area (Å²) < 4.78 is 2.94. The third kappa shape index (κ3) is 1.62. The van der Waals surface area contributed by atoms with Crippen LogP contribution in [0.1, 0.15) is 0 Å². The first kappa shape index (κ1) is 11.0. The van der Waals surface area contributed by atoms with Gasteiger partial charge in [0.15, 0.2) is 17.0 Å². The normalized spacial score (nSPS) is 10.9. The maximum absolute atomic E-state index is 10.7. The number of nitrogens with zero attached hydrogens (tertiary/aromatic N) is 6. The number of rotatable bonds is 2. The molecule has 96 valence electrons. The van der Waals surface area contributed by atoms with Gasteiger partial charge in [-0.05, 0) is 0 Å². The second kappa shape index (κ2) is 3.66. The van der Waals surface area contributed by atoms with Crippen molar-refractivity contribution in [2.45, 2.75) is 0 Å². The maximum Gasteiger partial charge on any atom is 0.289 e. The van der Waals surface area contributed by atoms with Crippen molar-refractivity contribution in [1.29, 1.82) is 0 Å². The molecule has 19 heavy (non-hydrogen) atoms. The van der Waals surface area contributed by atoms with Crippen LogP contribution in [0.4, 0.5) is 17.5 Å². The average molecular weight is 260 g/mol. The molecule has 0 amide bonds. The highest BCUT2D eigenvalue weighted by atomic mass is 16.6. The zero-order valence-corrected chi connectivity index (χ0v) is 9.46.